The van der Waals surface area contributed by atoms with E-state index in [1.165, 1.54) is 0 Å². The van der Waals surface area contributed by atoms with Crippen molar-refractivity contribution in [1.82, 2.24) is 0 Å². The molecule has 0 radical (unpaired) electrons. The first-order chi connectivity index (χ1) is 9.02. The number of rotatable bonds is 3. The van der Waals surface area contributed by atoms with Gasteiger partial charge in [0.25, 0.3) is 0 Å². The molecule has 19 heavy (non-hydrogen) atoms. The van der Waals surface area contributed by atoms with Crippen LogP contribution in [0.25, 0.3) is 0 Å². The Morgan fingerprint density at radius 2 is 2.05 bits per heavy atom. The number of benzene rings is 1. The zero-order valence-electron chi connectivity index (χ0n) is 9.69. The second-order valence-corrected chi connectivity index (χ2v) is 4.16. The van der Waals surface area contributed by atoms with E-state index in [9.17, 15) is 13.6 Å². The maximum absolute atomic E-state index is 13.6. The van der Waals surface area contributed by atoms with Gasteiger partial charge in [-0.1, -0.05) is 0 Å². The lowest BCUT2D eigenvalue weighted by Gasteiger charge is -2.18. The van der Waals surface area contributed by atoms with Crippen molar-refractivity contribution in [2.24, 2.45) is 5.92 Å². The van der Waals surface area contributed by atoms with Crippen molar-refractivity contribution in [3.8, 4) is 6.07 Å². The van der Waals surface area contributed by atoms with E-state index in [0.29, 0.717) is 0 Å². The number of anilines is 1. The summed E-state index contributed by atoms with van der Waals surface area (Å²) in [6, 6.07) is 2.69. The molecule has 1 aromatic carbocycles. The first kappa shape index (κ1) is 13.2. The van der Waals surface area contributed by atoms with Crippen LogP contribution in [0.4, 0.5) is 14.5 Å². The third-order valence-corrected chi connectivity index (χ3v) is 2.90. The largest absolute Gasteiger partial charge is 0.481 e. The third kappa shape index (κ3) is 2.63. The smallest absolute Gasteiger partial charge is 0.311 e. The van der Waals surface area contributed by atoms with Gasteiger partial charge in [-0.3, -0.25) is 4.79 Å². The number of carboxylic acid groups (broad SMARTS) is 1. The molecule has 2 atom stereocenters. The fourth-order valence-electron chi connectivity index (χ4n) is 1.90. The summed E-state index contributed by atoms with van der Waals surface area (Å²) in [6.07, 6.45) is 0. The highest BCUT2D eigenvalue weighted by atomic mass is 19.1. The monoisotopic (exact) mass is 268 g/mol. The summed E-state index contributed by atoms with van der Waals surface area (Å²) < 4.78 is 32.3. The van der Waals surface area contributed by atoms with Crippen molar-refractivity contribution >= 4 is 11.7 Å². The number of nitrogens with one attached hydrogen (secondary N) is 1. The van der Waals surface area contributed by atoms with Crippen molar-refractivity contribution in [2.45, 2.75) is 6.04 Å². The van der Waals surface area contributed by atoms with E-state index in [-0.39, 0.29) is 18.8 Å². The molecular weight excluding hydrogens is 258 g/mol. The predicted octanol–water partition coefficient (Wildman–Crippen LogP) is 1.35. The highest BCUT2D eigenvalue weighted by Crippen LogP contribution is 2.25. The molecule has 2 N–H and O–H groups in total. The molecule has 0 spiro atoms. The molecule has 2 unspecified atom stereocenters. The molecule has 1 aromatic rings. The Morgan fingerprint density at radius 1 is 1.42 bits per heavy atom. The SMILES string of the molecule is N#Cc1cc(F)c(NC2COCC2C(=O)O)c(F)c1. The fraction of sp³-hybridized carbons (Fsp3) is 0.333. The van der Waals surface area contributed by atoms with E-state index in [1.807, 2.05) is 0 Å². The molecule has 2 rings (SSSR count). The van der Waals surface area contributed by atoms with Gasteiger partial charge in [0.1, 0.15) is 11.6 Å². The van der Waals surface area contributed by atoms with Crippen LogP contribution in [0.1, 0.15) is 5.56 Å². The Balaban J connectivity index is 2.24. The Kier molecular flexibility index (Phi) is 3.62. The van der Waals surface area contributed by atoms with Gasteiger partial charge < -0.3 is 15.2 Å². The summed E-state index contributed by atoms with van der Waals surface area (Å²) in [5.74, 6) is -3.83. The van der Waals surface area contributed by atoms with Crippen LogP contribution < -0.4 is 5.32 Å². The van der Waals surface area contributed by atoms with Gasteiger partial charge in [0.05, 0.1) is 30.9 Å². The van der Waals surface area contributed by atoms with Crippen molar-refractivity contribution in [3.63, 3.8) is 0 Å². The lowest BCUT2D eigenvalue weighted by atomic mass is 10.0. The number of ether oxygens (including phenoxy) is 1. The van der Waals surface area contributed by atoms with Crippen LogP contribution in [0.3, 0.4) is 0 Å². The molecule has 5 nitrogen and oxygen atoms in total. The highest BCUT2D eigenvalue weighted by molar-refractivity contribution is 5.72. The molecule has 1 saturated heterocycles. The zero-order chi connectivity index (χ0) is 14.0. The van der Waals surface area contributed by atoms with E-state index < -0.39 is 35.3 Å². The molecule has 1 fully saturated rings. The normalized spacial score (nSPS) is 21.9. The fourth-order valence-corrected chi connectivity index (χ4v) is 1.90. The minimum Gasteiger partial charge on any atom is -0.481 e. The van der Waals surface area contributed by atoms with Crippen LogP contribution in [0.15, 0.2) is 12.1 Å². The molecule has 1 heterocycles. The quantitative estimate of drug-likeness (QED) is 0.864. The summed E-state index contributed by atoms with van der Waals surface area (Å²) in [7, 11) is 0. The summed E-state index contributed by atoms with van der Waals surface area (Å²) in [5.41, 5.74) is -0.584. The van der Waals surface area contributed by atoms with Crippen LogP contribution in [-0.2, 0) is 9.53 Å². The lowest BCUT2D eigenvalue weighted by molar-refractivity contribution is -0.141. The number of hydrogen-bond acceptors (Lipinski definition) is 4. The highest BCUT2D eigenvalue weighted by Gasteiger charge is 2.35. The van der Waals surface area contributed by atoms with Crippen LogP contribution >= 0.6 is 0 Å². The Labute approximate surface area is 107 Å². The van der Waals surface area contributed by atoms with Gasteiger partial charge in [-0.15, -0.1) is 0 Å². The van der Waals surface area contributed by atoms with Crippen molar-refractivity contribution in [3.05, 3.63) is 29.3 Å². The molecule has 0 aliphatic carbocycles. The third-order valence-electron chi connectivity index (χ3n) is 2.90. The van der Waals surface area contributed by atoms with Gasteiger partial charge in [-0.05, 0) is 12.1 Å². The summed E-state index contributed by atoms with van der Waals surface area (Å²) in [5, 5.41) is 20.0. The average Bonchev–Trinajstić information content (AvgIpc) is 2.81. The topological polar surface area (TPSA) is 82.3 Å². The number of aliphatic carboxylic acids is 1. The minimum absolute atomic E-state index is 0.00742. The first-order valence-electron chi connectivity index (χ1n) is 5.49. The van der Waals surface area contributed by atoms with Gasteiger partial charge in [0.15, 0.2) is 11.6 Å². The zero-order valence-corrected chi connectivity index (χ0v) is 9.69. The number of nitriles is 1. The van der Waals surface area contributed by atoms with Crippen molar-refractivity contribution in [2.75, 3.05) is 18.5 Å². The summed E-state index contributed by atoms with van der Waals surface area (Å²) in [6.45, 7) is 0.0440. The second kappa shape index (κ2) is 5.20. The molecule has 1 aliphatic rings. The standard InChI is InChI=1S/C12H10F2N2O3/c13-8-1-6(3-15)2-9(14)11(8)16-10-5-19-4-7(10)12(17)18/h1-2,7,10,16H,4-5H2,(H,17,18). The molecule has 0 aromatic heterocycles. The van der Waals surface area contributed by atoms with E-state index in [2.05, 4.69) is 5.32 Å². The Hall–Kier alpha value is -2.20. The minimum atomic E-state index is -1.09. The predicted molar refractivity (Wildman–Crippen MR) is 60.4 cm³/mol. The molecule has 100 valence electrons. The van der Waals surface area contributed by atoms with Crippen LogP contribution in [0.5, 0.6) is 0 Å². The molecule has 0 amide bonds. The van der Waals surface area contributed by atoms with Gasteiger partial charge in [-0.25, -0.2) is 8.78 Å². The number of halogens is 2. The van der Waals surface area contributed by atoms with Gasteiger partial charge in [0.2, 0.25) is 0 Å². The Bertz CT molecular complexity index is 533. The van der Waals surface area contributed by atoms with E-state index >= 15 is 0 Å². The molecule has 1 aliphatic heterocycles. The average molecular weight is 268 g/mol. The molecule has 0 saturated carbocycles. The van der Waals surface area contributed by atoms with E-state index in [4.69, 9.17) is 15.1 Å². The summed E-state index contributed by atoms with van der Waals surface area (Å²) in [4.78, 5) is 10.9. The second-order valence-electron chi connectivity index (χ2n) is 4.16. The van der Waals surface area contributed by atoms with Crippen molar-refractivity contribution in [1.29, 1.82) is 5.26 Å². The van der Waals surface area contributed by atoms with Gasteiger partial charge in [-0.2, -0.15) is 5.26 Å². The molecule has 7 heteroatoms. The number of hydrogen-bond donors (Lipinski definition) is 2. The summed E-state index contributed by atoms with van der Waals surface area (Å²) >= 11 is 0. The maximum atomic E-state index is 13.6. The van der Waals surface area contributed by atoms with Gasteiger partial charge in [0, 0.05) is 0 Å². The Morgan fingerprint density at radius 3 is 2.58 bits per heavy atom. The van der Waals surface area contributed by atoms with Crippen LogP contribution in [0.2, 0.25) is 0 Å². The van der Waals surface area contributed by atoms with Crippen molar-refractivity contribution < 1.29 is 23.4 Å². The van der Waals surface area contributed by atoms with Crippen LogP contribution in [-0.4, -0.2) is 30.3 Å². The van der Waals surface area contributed by atoms with E-state index in [0.717, 1.165) is 12.1 Å². The number of nitrogens with zero attached hydrogens (tertiary/aromatic N) is 1. The molecule has 0 bridgehead atoms. The first-order valence-corrected chi connectivity index (χ1v) is 5.49. The number of carboxylic acids is 1. The lowest BCUT2D eigenvalue weighted by Crippen LogP contribution is -2.33. The maximum Gasteiger partial charge on any atom is 0.311 e. The van der Waals surface area contributed by atoms with Crippen LogP contribution in [0, 0.1) is 28.9 Å². The molecular formula is C12H10F2N2O3. The number of carbonyl (C=O) groups is 1. The van der Waals surface area contributed by atoms with Gasteiger partial charge >= 0.3 is 5.97 Å². The van der Waals surface area contributed by atoms with E-state index in [1.54, 1.807) is 6.07 Å².